The van der Waals surface area contributed by atoms with Gasteiger partial charge in [0.1, 0.15) is 12.4 Å². The number of amides is 1. The van der Waals surface area contributed by atoms with Gasteiger partial charge in [0, 0.05) is 25.7 Å². The van der Waals surface area contributed by atoms with Gasteiger partial charge in [-0.15, -0.1) is 5.10 Å². The van der Waals surface area contributed by atoms with E-state index in [9.17, 15) is 4.79 Å². The highest BCUT2D eigenvalue weighted by atomic mass is 16.5. The van der Waals surface area contributed by atoms with Crippen LogP contribution in [0.4, 0.5) is 0 Å². The van der Waals surface area contributed by atoms with Crippen molar-refractivity contribution in [2.45, 2.75) is 25.9 Å². The molecule has 1 aromatic carbocycles. The van der Waals surface area contributed by atoms with Crippen LogP contribution >= 0.6 is 0 Å². The molecule has 0 spiro atoms. The molecule has 2 heterocycles. The Morgan fingerprint density at radius 3 is 2.82 bits per heavy atom. The maximum Gasteiger partial charge on any atom is 0.253 e. The predicted molar refractivity (Wildman–Crippen MR) is 79.3 cm³/mol. The zero-order chi connectivity index (χ0) is 15.4. The van der Waals surface area contributed by atoms with Crippen molar-refractivity contribution in [3.8, 4) is 5.75 Å². The summed E-state index contributed by atoms with van der Waals surface area (Å²) in [5.74, 6) is 1.35. The fourth-order valence-corrected chi connectivity index (χ4v) is 2.52. The lowest BCUT2D eigenvalue weighted by molar-refractivity contribution is 0.0724. The first-order valence-electron chi connectivity index (χ1n) is 7.47. The molecule has 1 aliphatic heterocycles. The van der Waals surface area contributed by atoms with Crippen LogP contribution in [-0.4, -0.2) is 44.1 Å². The fourth-order valence-electron chi connectivity index (χ4n) is 2.52. The second-order valence-corrected chi connectivity index (χ2v) is 5.39. The highest BCUT2D eigenvalue weighted by Gasteiger charge is 2.18. The lowest BCUT2D eigenvalue weighted by Gasteiger charge is -2.26. The van der Waals surface area contributed by atoms with Crippen LogP contribution in [0.2, 0.25) is 0 Å². The summed E-state index contributed by atoms with van der Waals surface area (Å²) in [5.41, 5.74) is 0.662. The Bertz CT molecular complexity index is 649. The fraction of sp³-hybridized carbons (Fsp3) is 0.467. The van der Waals surface area contributed by atoms with Crippen LogP contribution in [0.5, 0.6) is 5.75 Å². The van der Waals surface area contributed by atoms with Gasteiger partial charge in [0.25, 0.3) is 5.91 Å². The number of hydrogen-bond acceptors (Lipinski definition) is 5. The molecule has 0 bridgehead atoms. The topological polar surface area (TPSA) is 73.1 Å². The van der Waals surface area contributed by atoms with Gasteiger partial charge in [-0.3, -0.25) is 4.79 Å². The number of tetrazole rings is 1. The first-order valence-corrected chi connectivity index (χ1v) is 7.47. The lowest BCUT2D eigenvalue weighted by atomic mass is 10.1. The quantitative estimate of drug-likeness (QED) is 0.854. The molecule has 1 aromatic heterocycles. The molecule has 1 amide bonds. The number of carbonyl (C=O) groups excluding carboxylic acids is 1. The summed E-state index contributed by atoms with van der Waals surface area (Å²) in [4.78, 5) is 14.4. The Morgan fingerprint density at radius 2 is 2.09 bits per heavy atom. The van der Waals surface area contributed by atoms with E-state index in [0.29, 0.717) is 17.1 Å². The van der Waals surface area contributed by atoms with Gasteiger partial charge in [0.15, 0.2) is 5.82 Å². The van der Waals surface area contributed by atoms with Crippen LogP contribution in [-0.2, 0) is 13.7 Å². The van der Waals surface area contributed by atoms with Gasteiger partial charge in [-0.2, -0.15) is 0 Å². The number of hydrogen-bond donors (Lipinski definition) is 0. The summed E-state index contributed by atoms with van der Waals surface area (Å²) in [6.07, 6.45) is 3.38. The molecule has 1 aliphatic rings. The number of carbonyl (C=O) groups is 1. The number of likely N-dealkylation sites (tertiary alicyclic amines) is 1. The van der Waals surface area contributed by atoms with E-state index in [1.165, 1.54) is 6.42 Å². The molecule has 7 heteroatoms. The van der Waals surface area contributed by atoms with Gasteiger partial charge in [0.2, 0.25) is 0 Å². The van der Waals surface area contributed by atoms with E-state index in [1.54, 1.807) is 17.8 Å². The van der Waals surface area contributed by atoms with Crippen molar-refractivity contribution in [2.24, 2.45) is 7.05 Å². The third-order valence-electron chi connectivity index (χ3n) is 3.80. The Balaban J connectivity index is 1.66. The molecule has 2 aromatic rings. The standard InChI is InChI=1S/C15H19N5O2/c1-19-14(16-17-18-19)11-22-13-7-5-6-12(10-13)15(21)20-8-3-2-4-9-20/h5-7,10H,2-4,8-9,11H2,1H3. The number of aromatic nitrogens is 4. The molecule has 7 nitrogen and oxygen atoms in total. The molecule has 0 unspecified atom stereocenters. The molecule has 22 heavy (non-hydrogen) atoms. The molecule has 1 fully saturated rings. The average molecular weight is 301 g/mol. The van der Waals surface area contributed by atoms with E-state index < -0.39 is 0 Å². The van der Waals surface area contributed by atoms with Gasteiger partial charge >= 0.3 is 0 Å². The third kappa shape index (κ3) is 3.24. The van der Waals surface area contributed by atoms with Crippen molar-refractivity contribution in [1.29, 1.82) is 0 Å². The smallest absolute Gasteiger partial charge is 0.253 e. The van der Waals surface area contributed by atoms with Crippen molar-refractivity contribution < 1.29 is 9.53 Å². The van der Waals surface area contributed by atoms with E-state index in [4.69, 9.17) is 4.74 Å². The van der Waals surface area contributed by atoms with Crippen LogP contribution in [0, 0.1) is 0 Å². The highest BCUT2D eigenvalue weighted by Crippen LogP contribution is 2.18. The summed E-state index contributed by atoms with van der Waals surface area (Å²) >= 11 is 0. The monoisotopic (exact) mass is 301 g/mol. The van der Waals surface area contributed by atoms with Crippen molar-refractivity contribution in [2.75, 3.05) is 13.1 Å². The maximum absolute atomic E-state index is 12.5. The maximum atomic E-state index is 12.5. The van der Waals surface area contributed by atoms with Crippen LogP contribution in [0.25, 0.3) is 0 Å². The highest BCUT2D eigenvalue weighted by molar-refractivity contribution is 5.94. The van der Waals surface area contributed by atoms with Gasteiger partial charge in [-0.1, -0.05) is 6.07 Å². The molecule has 0 aliphatic carbocycles. The van der Waals surface area contributed by atoms with Crippen LogP contribution in [0.15, 0.2) is 24.3 Å². The summed E-state index contributed by atoms with van der Waals surface area (Å²) in [5, 5.41) is 11.2. The molecule has 116 valence electrons. The summed E-state index contributed by atoms with van der Waals surface area (Å²) in [7, 11) is 1.76. The minimum absolute atomic E-state index is 0.0745. The number of nitrogens with zero attached hydrogens (tertiary/aromatic N) is 5. The predicted octanol–water partition coefficient (Wildman–Crippen LogP) is 1.42. The largest absolute Gasteiger partial charge is 0.486 e. The Hall–Kier alpha value is -2.44. The SMILES string of the molecule is Cn1nnnc1COc1cccc(C(=O)N2CCCCC2)c1. The Kier molecular flexibility index (Phi) is 4.32. The molecular weight excluding hydrogens is 282 g/mol. The van der Waals surface area contributed by atoms with E-state index in [1.807, 2.05) is 23.1 Å². The van der Waals surface area contributed by atoms with E-state index >= 15 is 0 Å². The zero-order valence-electron chi connectivity index (χ0n) is 12.6. The molecule has 0 atom stereocenters. The van der Waals surface area contributed by atoms with Crippen molar-refractivity contribution in [3.05, 3.63) is 35.7 Å². The number of aryl methyl sites for hydroxylation is 1. The minimum atomic E-state index is 0.0745. The van der Waals surface area contributed by atoms with E-state index in [0.717, 1.165) is 25.9 Å². The second kappa shape index (κ2) is 6.55. The van der Waals surface area contributed by atoms with E-state index in [-0.39, 0.29) is 12.5 Å². The summed E-state index contributed by atoms with van der Waals surface area (Å²) in [6, 6.07) is 7.27. The van der Waals surface area contributed by atoms with Gasteiger partial charge in [-0.05, 0) is 47.9 Å². The Morgan fingerprint density at radius 1 is 1.27 bits per heavy atom. The molecule has 3 rings (SSSR count). The number of benzene rings is 1. The first kappa shape index (κ1) is 14.5. The average Bonchev–Trinajstić information content (AvgIpc) is 2.98. The molecule has 1 saturated heterocycles. The molecule has 0 saturated carbocycles. The zero-order valence-corrected chi connectivity index (χ0v) is 12.6. The minimum Gasteiger partial charge on any atom is -0.486 e. The Labute approximate surface area is 128 Å². The van der Waals surface area contributed by atoms with Crippen molar-refractivity contribution in [3.63, 3.8) is 0 Å². The van der Waals surface area contributed by atoms with Gasteiger partial charge in [0.05, 0.1) is 0 Å². The van der Waals surface area contributed by atoms with Crippen molar-refractivity contribution >= 4 is 5.91 Å². The van der Waals surface area contributed by atoms with Gasteiger partial charge < -0.3 is 9.64 Å². The van der Waals surface area contributed by atoms with E-state index in [2.05, 4.69) is 15.5 Å². The number of piperidine rings is 1. The van der Waals surface area contributed by atoms with Crippen LogP contribution in [0.1, 0.15) is 35.4 Å². The lowest BCUT2D eigenvalue weighted by Crippen LogP contribution is -2.35. The van der Waals surface area contributed by atoms with Crippen LogP contribution < -0.4 is 4.74 Å². The second-order valence-electron chi connectivity index (χ2n) is 5.39. The van der Waals surface area contributed by atoms with Crippen molar-refractivity contribution in [1.82, 2.24) is 25.1 Å². The number of ether oxygens (including phenoxy) is 1. The summed E-state index contributed by atoms with van der Waals surface area (Å²) < 4.78 is 7.23. The van der Waals surface area contributed by atoms with Crippen LogP contribution in [0.3, 0.4) is 0 Å². The summed E-state index contributed by atoms with van der Waals surface area (Å²) in [6.45, 7) is 1.95. The third-order valence-corrected chi connectivity index (χ3v) is 3.80. The first-order chi connectivity index (χ1) is 10.7. The molecule has 0 N–H and O–H groups in total. The normalized spacial score (nSPS) is 14.9. The van der Waals surface area contributed by atoms with Gasteiger partial charge in [-0.25, -0.2) is 4.68 Å². The molecular formula is C15H19N5O2. The molecule has 0 radical (unpaired) electrons. The number of rotatable bonds is 4.